The van der Waals surface area contributed by atoms with Gasteiger partial charge in [0.1, 0.15) is 0 Å². The van der Waals surface area contributed by atoms with Gasteiger partial charge in [0.2, 0.25) is 0 Å². The molecule has 0 fully saturated rings. The van der Waals surface area contributed by atoms with Crippen molar-refractivity contribution in [2.45, 2.75) is 6.42 Å². The van der Waals surface area contributed by atoms with Gasteiger partial charge in [0.25, 0.3) is 0 Å². The summed E-state index contributed by atoms with van der Waals surface area (Å²) in [7, 11) is 0. The fraction of sp³-hybridized carbons (Fsp3) is 0.143. The van der Waals surface area contributed by atoms with Crippen LogP contribution in [0.25, 0.3) is 0 Å². The van der Waals surface area contributed by atoms with Crippen LogP contribution in [0.5, 0.6) is 0 Å². The van der Waals surface area contributed by atoms with E-state index in [1.54, 1.807) is 0 Å². The van der Waals surface area contributed by atoms with Crippen molar-refractivity contribution in [3.8, 4) is 0 Å². The molecular formula is C7H15BrSiZr. The van der Waals surface area contributed by atoms with Gasteiger partial charge in [0.05, 0.1) is 0 Å². The molecule has 0 amide bonds. The zero-order valence-corrected chi connectivity index (χ0v) is 13.0. The second kappa shape index (κ2) is 22.5. The summed E-state index contributed by atoms with van der Waals surface area (Å²) < 4.78 is 0. The number of allylic oxidation sites excluding steroid dienone is 4. The Morgan fingerprint density at radius 3 is 1.80 bits per heavy atom. The Morgan fingerprint density at radius 2 is 1.70 bits per heavy atom. The second-order valence-corrected chi connectivity index (χ2v) is 1.00. The summed E-state index contributed by atoms with van der Waals surface area (Å²) in [4.78, 5) is 0. The topological polar surface area (TPSA) is 0 Å². The molecule has 0 nitrogen and oxygen atoms in total. The molecule has 0 saturated heterocycles. The minimum atomic E-state index is 0. The first-order valence-corrected chi connectivity index (χ1v) is 1.72. The van der Waals surface area contributed by atoms with E-state index in [-0.39, 0.29) is 69.0 Å². The minimum absolute atomic E-state index is 0. The smallest absolute Gasteiger partial charge is 0.358 e. The first kappa shape index (κ1) is 30.5. The predicted molar refractivity (Wildman–Crippen MR) is 54.7 cm³/mol. The number of hydrogen-bond donors (Lipinski definition) is 0. The first-order valence-electron chi connectivity index (χ1n) is 1.72. The Kier molecular flexibility index (Phi) is 68.5. The maximum Gasteiger partial charge on any atom is 3.00 e. The van der Waals surface area contributed by atoms with E-state index in [4.69, 9.17) is 0 Å². The molecule has 0 N–H and O–H groups in total. The molecule has 0 spiro atoms. The van der Waals surface area contributed by atoms with E-state index in [0.29, 0.717) is 0 Å². The van der Waals surface area contributed by atoms with Gasteiger partial charge < -0.3 is 14.9 Å². The van der Waals surface area contributed by atoms with Crippen molar-refractivity contribution in [2.75, 3.05) is 0 Å². The van der Waals surface area contributed by atoms with Gasteiger partial charge in [-0.15, -0.1) is 23.4 Å². The van der Waals surface area contributed by atoms with Crippen molar-refractivity contribution in [1.29, 1.82) is 0 Å². The van der Waals surface area contributed by atoms with E-state index in [1.165, 1.54) is 0 Å². The molecule has 10 heavy (non-hydrogen) atoms. The molecule has 0 atom stereocenters. The molecule has 1 rings (SSSR count). The van der Waals surface area contributed by atoms with Crippen LogP contribution in [-0.4, -0.2) is 11.0 Å². The third kappa shape index (κ3) is 16.0. The van der Waals surface area contributed by atoms with Crippen LogP contribution in [0.15, 0.2) is 18.2 Å². The van der Waals surface area contributed by atoms with Gasteiger partial charge in [0.15, 0.2) is 0 Å². The summed E-state index contributed by atoms with van der Waals surface area (Å²) in [6.45, 7) is 0. The van der Waals surface area contributed by atoms with E-state index in [9.17, 15) is 0 Å². The summed E-state index contributed by atoms with van der Waals surface area (Å²) in [6.07, 6.45) is 10.0. The average Bonchev–Trinajstić information content (AvgIpc) is 1.76. The normalized spacial score (nSPS) is 8.80. The first-order chi connectivity index (χ1) is 2.50. The molecule has 58 valence electrons. The molecule has 0 unspecified atom stereocenters. The molecule has 0 aromatic heterocycles. The van der Waals surface area contributed by atoms with Crippen LogP contribution in [0.4, 0.5) is 0 Å². The molecule has 0 aliphatic heterocycles. The molecule has 0 saturated carbocycles. The van der Waals surface area contributed by atoms with Crippen LogP contribution in [0.1, 0.15) is 6.42 Å². The minimum Gasteiger partial charge on any atom is -0.358 e. The van der Waals surface area contributed by atoms with Crippen LogP contribution in [0.2, 0.25) is 0 Å². The Labute approximate surface area is 99.1 Å². The van der Waals surface area contributed by atoms with E-state index in [1.807, 2.05) is 12.2 Å². The predicted octanol–water partition coefficient (Wildman–Crippen LogP) is 1.60. The molecule has 0 bridgehead atoms. The summed E-state index contributed by atoms with van der Waals surface area (Å²) in [6, 6.07) is 0. The Hall–Kier alpha value is 1.06. The van der Waals surface area contributed by atoms with Crippen LogP contribution in [0.3, 0.4) is 0 Å². The Bertz CT molecular complexity index is 71.7. The van der Waals surface area contributed by atoms with E-state index >= 15 is 0 Å². The zero-order valence-electron chi connectivity index (χ0n) is 6.85. The third-order valence-corrected chi connectivity index (χ3v) is 0.586. The van der Waals surface area contributed by atoms with E-state index in [2.05, 4.69) is 12.2 Å². The fourth-order valence-corrected chi connectivity index (χ4v) is 0.340. The second-order valence-electron chi connectivity index (χ2n) is 1.00. The molecule has 1 aliphatic carbocycles. The van der Waals surface area contributed by atoms with Gasteiger partial charge in [-0.2, -0.15) is 6.08 Å². The van der Waals surface area contributed by atoms with Crippen molar-refractivity contribution >= 4 is 27.9 Å². The number of rotatable bonds is 0. The van der Waals surface area contributed by atoms with E-state index in [0.717, 1.165) is 6.42 Å². The third-order valence-electron chi connectivity index (χ3n) is 0.586. The van der Waals surface area contributed by atoms with Crippen LogP contribution >= 0.6 is 17.0 Å². The standard InChI is InChI=1S/C5H5.2CH3.BrH.H3Si.Zr/c1-2-4-5-3-1;;;;;/h1-3H,4H2;2*1H3;1H;1H3;/q3*-1;;;+3. The van der Waals surface area contributed by atoms with Gasteiger partial charge in [-0.05, 0) is 11.0 Å². The van der Waals surface area contributed by atoms with Crippen LogP contribution < -0.4 is 0 Å². The average molecular weight is 298 g/mol. The van der Waals surface area contributed by atoms with Crippen LogP contribution in [0, 0.1) is 20.9 Å². The summed E-state index contributed by atoms with van der Waals surface area (Å²) in [5.41, 5.74) is 0. The Balaban J connectivity index is -0.0000000167. The van der Waals surface area contributed by atoms with Crippen molar-refractivity contribution < 1.29 is 26.2 Å². The summed E-state index contributed by atoms with van der Waals surface area (Å²) in [5, 5.41) is 0. The molecule has 0 aromatic carbocycles. The molecule has 2 radical (unpaired) electrons. The van der Waals surface area contributed by atoms with Crippen molar-refractivity contribution in [3.05, 3.63) is 39.2 Å². The summed E-state index contributed by atoms with van der Waals surface area (Å²) >= 11 is 0. The number of hydrogen-bond acceptors (Lipinski definition) is 0. The molecule has 0 heterocycles. The van der Waals surface area contributed by atoms with Crippen LogP contribution in [-0.2, 0) is 26.2 Å². The number of halogens is 1. The van der Waals surface area contributed by atoms with Gasteiger partial charge in [-0.3, -0.25) is 6.08 Å². The quantitative estimate of drug-likeness (QED) is 0.471. The maximum absolute atomic E-state index is 2.99. The molecule has 1 aliphatic rings. The fourth-order valence-electron chi connectivity index (χ4n) is 0.340. The van der Waals surface area contributed by atoms with Gasteiger partial charge in [0, 0.05) is 0 Å². The van der Waals surface area contributed by atoms with Gasteiger partial charge in [-0.1, -0.05) is 0 Å². The zero-order chi connectivity index (χ0) is 3.54. The van der Waals surface area contributed by atoms with Crippen molar-refractivity contribution in [1.82, 2.24) is 0 Å². The molecule has 0 aromatic rings. The molecular weight excluding hydrogens is 283 g/mol. The van der Waals surface area contributed by atoms with Gasteiger partial charge >= 0.3 is 26.2 Å². The van der Waals surface area contributed by atoms with Gasteiger partial charge in [-0.25, -0.2) is 12.2 Å². The maximum atomic E-state index is 2.99. The Morgan fingerprint density at radius 1 is 1.20 bits per heavy atom. The molecule has 3 heteroatoms. The SMILES string of the molecule is Br.[C-]1=CC=CC1.[CH3-].[CH3-].[SiH3].[Zr+3]. The summed E-state index contributed by atoms with van der Waals surface area (Å²) in [5.74, 6) is 0. The van der Waals surface area contributed by atoms with Crippen molar-refractivity contribution in [3.63, 3.8) is 0 Å². The monoisotopic (exact) mass is 296 g/mol. The largest absolute Gasteiger partial charge is 3.00 e. The van der Waals surface area contributed by atoms with E-state index < -0.39 is 0 Å². The van der Waals surface area contributed by atoms with Crippen molar-refractivity contribution in [2.24, 2.45) is 0 Å².